The van der Waals surface area contributed by atoms with Crippen molar-refractivity contribution in [3.63, 3.8) is 0 Å². The molecule has 0 radical (unpaired) electrons. The number of likely N-dealkylation sites (N-methyl/N-ethyl adjacent to an activating group) is 1. The van der Waals surface area contributed by atoms with E-state index in [0.29, 0.717) is 6.04 Å². The second kappa shape index (κ2) is 7.14. The van der Waals surface area contributed by atoms with Crippen LogP contribution in [-0.2, 0) is 18.3 Å². The number of aromatic nitrogens is 2. The number of nitrogens with one attached hydrogen (secondary N) is 1. The molecule has 0 saturated heterocycles. The standard InChI is InChI=1S/C17H25N3S/c1-5-19-14(9-13-7-6-8-18-11-13)10-16-20-15(12-21-16)17(2,3)4/h6-8,11-12,14,19H,5,9-10H2,1-4H3. The van der Waals surface area contributed by atoms with Crippen LogP contribution in [0.15, 0.2) is 29.9 Å². The zero-order chi connectivity index (χ0) is 15.3. The Morgan fingerprint density at radius 3 is 2.67 bits per heavy atom. The highest BCUT2D eigenvalue weighted by Gasteiger charge is 2.19. The molecule has 4 heteroatoms. The molecule has 0 amide bonds. The minimum absolute atomic E-state index is 0.131. The molecule has 2 aromatic heterocycles. The summed E-state index contributed by atoms with van der Waals surface area (Å²) in [6.07, 6.45) is 5.74. The molecule has 1 atom stereocenters. The lowest BCUT2D eigenvalue weighted by Crippen LogP contribution is -2.33. The largest absolute Gasteiger partial charge is 0.314 e. The molecular formula is C17H25N3S. The lowest BCUT2D eigenvalue weighted by atomic mass is 9.93. The Kier molecular flexibility index (Phi) is 5.48. The van der Waals surface area contributed by atoms with Crippen molar-refractivity contribution < 1.29 is 0 Å². The third kappa shape index (κ3) is 4.90. The summed E-state index contributed by atoms with van der Waals surface area (Å²) in [6.45, 7) is 9.76. The topological polar surface area (TPSA) is 37.8 Å². The Bertz CT molecular complexity index is 543. The molecule has 0 spiro atoms. The summed E-state index contributed by atoms with van der Waals surface area (Å²) in [6, 6.07) is 4.55. The van der Waals surface area contributed by atoms with Gasteiger partial charge in [-0.25, -0.2) is 4.98 Å². The summed E-state index contributed by atoms with van der Waals surface area (Å²) in [7, 11) is 0. The molecule has 0 saturated carbocycles. The fraction of sp³-hybridized carbons (Fsp3) is 0.529. The van der Waals surface area contributed by atoms with Crippen LogP contribution in [0.2, 0.25) is 0 Å². The van der Waals surface area contributed by atoms with E-state index < -0.39 is 0 Å². The van der Waals surface area contributed by atoms with E-state index in [2.05, 4.69) is 49.4 Å². The molecular weight excluding hydrogens is 278 g/mol. The van der Waals surface area contributed by atoms with E-state index in [1.807, 2.05) is 18.5 Å². The van der Waals surface area contributed by atoms with Gasteiger partial charge in [-0.2, -0.15) is 0 Å². The molecule has 3 nitrogen and oxygen atoms in total. The Morgan fingerprint density at radius 1 is 1.29 bits per heavy atom. The molecule has 21 heavy (non-hydrogen) atoms. The summed E-state index contributed by atoms with van der Waals surface area (Å²) in [4.78, 5) is 9.01. The second-order valence-corrected chi connectivity index (χ2v) is 7.34. The van der Waals surface area contributed by atoms with Gasteiger partial charge in [-0.15, -0.1) is 11.3 Å². The first kappa shape index (κ1) is 16.1. The summed E-state index contributed by atoms with van der Waals surface area (Å²) < 4.78 is 0. The van der Waals surface area contributed by atoms with E-state index in [-0.39, 0.29) is 5.41 Å². The molecule has 0 aliphatic heterocycles. The van der Waals surface area contributed by atoms with Gasteiger partial charge in [0.25, 0.3) is 0 Å². The highest BCUT2D eigenvalue weighted by molar-refractivity contribution is 7.09. The SMILES string of the molecule is CCNC(Cc1cccnc1)Cc1nc(C(C)(C)C)cs1. The quantitative estimate of drug-likeness (QED) is 0.886. The zero-order valence-electron chi connectivity index (χ0n) is 13.4. The first-order valence-electron chi connectivity index (χ1n) is 7.56. The van der Waals surface area contributed by atoms with Crippen molar-refractivity contribution in [2.75, 3.05) is 6.54 Å². The fourth-order valence-corrected chi connectivity index (χ4v) is 3.37. The molecule has 0 bridgehead atoms. The molecule has 114 valence electrons. The van der Waals surface area contributed by atoms with Gasteiger partial charge in [0.15, 0.2) is 0 Å². The van der Waals surface area contributed by atoms with Crippen LogP contribution in [0.25, 0.3) is 0 Å². The predicted molar refractivity (Wildman–Crippen MR) is 89.9 cm³/mol. The van der Waals surface area contributed by atoms with Crippen LogP contribution < -0.4 is 5.32 Å². The van der Waals surface area contributed by atoms with Crippen LogP contribution in [-0.4, -0.2) is 22.6 Å². The van der Waals surface area contributed by atoms with Gasteiger partial charge in [-0.05, 0) is 24.6 Å². The lowest BCUT2D eigenvalue weighted by Gasteiger charge is -2.17. The van der Waals surface area contributed by atoms with Gasteiger partial charge in [0, 0.05) is 35.7 Å². The van der Waals surface area contributed by atoms with E-state index in [4.69, 9.17) is 4.98 Å². The number of thiazole rings is 1. The van der Waals surface area contributed by atoms with Crippen LogP contribution in [0.5, 0.6) is 0 Å². The van der Waals surface area contributed by atoms with Gasteiger partial charge in [-0.3, -0.25) is 4.98 Å². The number of rotatable bonds is 6. The van der Waals surface area contributed by atoms with Crippen molar-refractivity contribution in [1.82, 2.24) is 15.3 Å². The third-order valence-corrected chi connectivity index (χ3v) is 4.31. The van der Waals surface area contributed by atoms with Gasteiger partial charge in [0.1, 0.15) is 0 Å². The number of hydrogen-bond acceptors (Lipinski definition) is 4. The number of pyridine rings is 1. The van der Waals surface area contributed by atoms with Crippen LogP contribution in [0.4, 0.5) is 0 Å². The van der Waals surface area contributed by atoms with E-state index in [1.54, 1.807) is 11.3 Å². The van der Waals surface area contributed by atoms with Crippen molar-refractivity contribution in [1.29, 1.82) is 0 Å². The molecule has 0 aromatic carbocycles. The van der Waals surface area contributed by atoms with Gasteiger partial charge in [0.2, 0.25) is 0 Å². The third-order valence-electron chi connectivity index (χ3n) is 3.44. The smallest absolute Gasteiger partial charge is 0.0944 e. The van der Waals surface area contributed by atoms with Gasteiger partial charge >= 0.3 is 0 Å². The lowest BCUT2D eigenvalue weighted by molar-refractivity contribution is 0.515. The number of hydrogen-bond donors (Lipinski definition) is 1. The maximum atomic E-state index is 4.81. The first-order valence-corrected chi connectivity index (χ1v) is 8.44. The number of nitrogens with zero attached hydrogens (tertiary/aromatic N) is 2. The highest BCUT2D eigenvalue weighted by Crippen LogP contribution is 2.24. The maximum Gasteiger partial charge on any atom is 0.0944 e. The Morgan fingerprint density at radius 2 is 2.10 bits per heavy atom. The van der Waals surface area contributed by atoms with Gasteiger partial charge in [-0.1, -0.05) is 33.8 Å². The van der Waals surface area contributed by atoms with Crippen molar-refractivity contribution >= 4 is 11.3 Å². The monoisotopic (exact) mass is 303 g/mol. The van der Waals surface area contributed by atoms with E-state index in [1.165, 1.54) is 16.3 Å². The molecule has 2 heterocycles. The summed E-state index contributed by atoms with van der Waals surface area (Å²) in [5.74, 6) is 0. The van der Waals surface area contributed by atoms with Gasteiger partial charge < -0.3 is 5.32 Å². The molecule has 1 N–H and O–H groups in total. The van der Waals surface area contributed by atoms with Crippen LogP contribution in [0.3, 0.4) is 0 Å². The summed E-state index contributed by atoms with van der Waals surface area (Å²) in [5.41, 5.74) is 2.60. The average Bonchev–Trinajstić information content (AvgIpc) is 2.89. The first-order chi connectivity index (χ1) is 9.99. The molecule has 0 fully saturated rings. The minimum atomic E-state index is 0.131. The van der Waals surface area contributed by atoms with Crippen LogP contribution in [0.1, 0.15) is 44.0 Å². The van der Waals surface area contributed by atoms with Crippen molar-refractivity contribution in [2.24, 2.45) is 0 Å². The highest BCUT2D eigenvalue weighted by atomic mass is 32.1. The van der Waals surface area contributed by atoms with Crippen LogP contribution in [0, 0.1) is 0 Å². The van der Waals surface area contributed by atoms with Gasteiger partial charge in [0.05, 0.1) is 10.7 Å². The molecule has 1 unspecified atom stereocenters. The van der Waals surface area contributed by atoms with Crippen molar-refractivity contribution in [3.8, 4) is 0 Å². The Balaban J connectivity index is 2.04. The molecule has 2 rings (SSSR count). The predicted octanol–water partition coefficient (Wildman–Crippen LogP) is 3.60. The zero-order valence-corrected chi connectivity index (χ0v) is 14.2. The maximum absolute atomic E-state index is 4.81. The minimum Gasteiger partial charge on any atom is -0.314 e. The Hall–Kier alpha value is -1.26. The summed E-state index contributed by atoms with van der Waals surface area (Å²) >= 11 is 1.77. The van der Waals surface area contributed by atoms with E-state index >= 15 is 0 Å². The normalized spacial score (nSPS) is 13.3. The van der Waals surface area contributed by atoms with E-state index in [9.17, 15) is 0 Å². The molecule has 0 aliphatic carbocycles. The van der Waals surface area contributed by atoms with E-state index in [0.717, 1.165) is 19.4 Å². The molecule has 0 aliphatic rings. The fourth-order valence-electron chi connectivity index (χ4n) is 2.27. The molecule has 2 aromatic rings. The average molecular weight is 303 g/mol. The second-order valence-electron chi connectivity index (χ2n) is 6.40. The van der Waals surface area contributed by atoms with Crippen molar-refractivity contribution in [2.45, 2.75) is 52.0 Å². The van der Waals surface area contributed by atoms with Crippen LogP contribution >= 0.6 is 11.3 Å². The van der Waals surface area contributed by atoms with Crippen molar-refractivity contribution in [3.05, 3.63) is 46.2 Å². The Labute approximate surface area is 131 Å². The summed E-state index contributed by atoms with van der Waals surface area (Å²) in [5, 5.41) is 6.98.